The fourth-order valence-corrected chi connectivity index (χ4v) is 2.69. The first-order valence-electron chi connectivity index (χ1n) is 5.92. The number of nitrogens with one attached hydrogen (secondary N) is 2. The van der Waals surface area contributed by atoms with Gasteiger partial charge in [-0.15, -0.1) is 0 Å². The molecule has 1 aliphatic carbocycles. The smallest absolute Gasteiger partial charge is 0.253 e. The molecule has 0 aromatic carbocycles. The molecule has 0 saturated heterocycles. The first-order valence-corrected chi connectivity index (χ1v) is 6.91. The summed E-state index contributed by atoms with van der Waals surface area (Å²) < 4.78 is 0. The molecule has 18 heavy (non-hydrogen) atoms. The molecule has 1 aliphatic rings. The molecule has 1 heterocycles. The number of rotatable bonds is 4. The van der Waals surface area contributed by atoms with E-state index >= 15 is 0 Å². The van der Waals surface area contributed by atoms with Gasteiger partial charge in [0, 0.05) is 12.1 Å². The standard InChI is InChI=1S/C11H16N4O2S/c12-8-5-9(16)15-11(14-8)18-6-10(17)13-7-3-1-2-4-7/h5,7H,1-4,6H2,(H,13,17)(H3,12,14,15,16). The molecule has 2 rings (SSSR count). The Morgan fingerprint density at radius 3 is 2.94 bits per heavy atom. The molecule has 0 radical (unpaired) electrons. The molecule has 6 nitrogen and oxygen atoms in total. The Bertz CT molecular complexity index is 482. The Kier molecular flexibility index (Phi) is 4.24. The quantitative estimate of drug-likeness (QED) is 0.545. The van der Waals surface area contributed by atoms with Gasteiger partial charge in [0.2, 0.25) is 5.91 Å². The molecule has 0 bridgehead atoms. The van der Waals surface area contributed by atoms with Crippen molar-refractivity contribution in [1.29, 1.82) is 0 Å². The van der Waals surface area contributed by atoms with Crippen molar-refractivity contribution in [2.75, 3.05) is 11.5 Å². The van der Waals surface area contributed by atoms with E-state index in [9.17, 15) is 9.59 Å². The summed E-state index contributed by atoms with van der Waals surface area (Å²) in [5.41, 5.74) is 5.15. The third-order valence-electron chi connectivity index (χ3n) is 2.80. The second-order valence-corrected chi connectivity index (χ2v) is 5.28. The van der Waals surface area contributed by atoms with Crippen LogP contribution in [0.4, 0.5) is 5.82 Å². The number of nitrogen functional groups attached to an aromatic ring is 1. The van der Waals surface area contributed by atoms with Crippen LogP contribution in [-0.4, -0.2) is 27.7 Å². The second kappa shape index (κ2) is 5.90. The van der Waals surface area contributed by atoms with Crippen LogP contribution in [0.15, 0.2) is 16.0 Å². The van der Waals surface area contributed by atoms with Gasteiger partial charge in [0.15, 0.2) is 5.16 Å². The van der Waals surface area contributed by atoms with Crippen LogP contribution in [0.3, 0.4) is 0 Å². The Hall–Kier alpha value is -1.50. The molecule has 1 aromatic rings. The van der Waals surface area contributed by atoms with Crippen LogP contribution < -0.4 is 16.6 Å². The van der Waals surface area contributed by atoms with Crippen molar-refractivity contribution in [3.8, 4) is 0 Å². The topological polar surface area (TPSA) is 101 Å². The predicted molar refractivity (Wildman–Crippen MR) is 70.4 cm³/mol. The Morgan fingerprint density at radius 2 is 2.28 bits per heavy atom. The lowest BCUT2D eigenvalue weighted by atomic mass is 10.2. The van der Waals surface area contributed by atoms with Crippen LogP contribution in [0.25, 0.3) is 0 Å². The Morgan fingerprint density at radius 1 is 1.56 bits per heavy atom. The van der Waals surface area contributed by atoms with Crippen LogP contribution in [0.5, 0.6) is 0 Å². The summed E-state index contributed by atoms with van der Waals surface area (Å²) in [5, 5.41) is 3.34. The SMILES string of the molecule is Nc1cc(=O)[nH]c(SCC(=O)NC2CCCC2)n1. The van der Waals surface area contributed by atoms with E-state index in [4.69, 9.17) is 5.73 Å². The number of carbonyl (C=O) groups excluding carboxylic acids is 1. The van der Waals surface area contributed by atoms with Gasteiger partial charge in [-0.1, -0.05) is 24.6 Å². The number of amides is 1. The van der Waals surface area contributed by atoms with Crippen molar-refractivity contribution in [2.24, 2.45) is 0 Å². The van der Waals surface area contributed by atoms with Gasteiger partial charge in [-0.05, 0) is 12.8 Å². The normalized spacial score (nSPS) is 15.8. The van der Waals surface area contributed by atoms with Crippen LogP contribution >= 0.6 is 11.8 Å². The van der Waals surface area contributed by atoms with Gasteiger partial charge in [0.05, 0.1) is 5.75 Å². The minimum absolute atomic E-state index is 0.0306. The van der Waals surface area contributed by atoms with Gasteiger partial charge in [0.25, 0.3) is 5.56 Å². The van der Waals surface area contributed by atoms with E-state index in [1.165, 1.54) is 30.7 Å². The minimum atomic E-state index is -0.304. The third-order valence-corrected chi connectivity index (χ3v) is 3.67. The lowest BCUT2D eigenvalue weighted by Crippen LogP contribution is -2.33. The fraction of sp³-hybridized carbons (Fsp3) is 0.545. The average Bonchev–Trinajstić information content (AvgIpc) is 2.78. The number of nitrogens with zero attached hydrogens (tertiary/aromatic N) is 1. The summed E-state index contributed by atoms with van der Waals surface area (Å²) in [4.78, 5) is 29.3. The molecule has 98 valence electrons. The minimum Gasteiger partial charge on any atom is -0.383 e. The maximum atomic E-state index is 11.7. The molecular formula is C11H16N4O2S. The highest BCUT2D eigenvalue weighted by atomic mass is 32.2. The predicted octanol–water partition coefficient (Wildman–Crippen LogP) is 0.503. The van der Waals surface area contributed by atoms with E-state index in [2.05, 4.69) is 15.3 Å². The zero-order chi connectivity index (χ0) is 13.0. The zero-order valence-electron chi connectivity index (χ0n) is 9.94. The van der Waals surface area contributed by atoms with Crippen molar-refractivity contribution < 1.29 is 4.79 Å². The van der Waals surface area contributed by atoms with E-state index in [0.717, 1.165) is 12.8 Å². The van der Waals surface area contributed by atoms with Crippen molar-refractivity contribution in [1.82, 2.24) is 15.3 Å². The Balaban J connectivity index is 1.83. The van der Waals surface area contributed by atoms with Crippen molar-refractivity contribution >= 4 is 23.5 Å². The van der Waals surface area contributed by atoms with Gasteiger partial charge in [0.1, 0.15) is 5.82 Å². The lowest BCUT2D eigenvalue weighted by Gasteiger charge is -2.11. The lowest BCUT2D eigenvalue weighted by molar-refractivity contribution is -0.119. The van der Waals surface area contributed by atoms with E-state index in [-0.39, 0.29) is 23.0 Å². The first-order chi connectivity index (χ1) is 8.63. The number of carbonyl (C=O) groups is 1. The van der Waals surface area contributed by atoms with E-state index in [1.54, 1.807) is 0 Å². The molecule has 1 fully saturated rings. The highest BCUT2D eigenvalue weighted by molar-refractivity contribution is 7.99. The van der Waals surface area contributed by atoms with Crippen LogP contribution in [0.1, 0.15) is 25.7 Å². The fourth-order valence-electron chi connectivity index (χ4n) is 2.00. The molecule has 1 saturated carbocycles. The highest BCUT2D eigenvalue weighted by Gasteiger charge is 2.17. The molecule has 0 spiro atoms. The van der Waals surface area contributed by atoms with E-state index in [1.807, 2.05) is 0 Å². The molecule has 1 amide bonds. The molecule has 4 N–H and O–H groups in total. The van der Waals surface area contributed by atoms with Crippen LogP contribution in [-0.2, 0) is 4.79 Å². The van der Waals surface area contributed by atoms with Crippen LogP contribution in [0.2, 0.25) is 0 Å². The maximum absolute atomic E-state index is 11.7. The second-order valence-electron chi connectivity index (χ2n) is 4.31. The first kappa shape index (κ1) is 12.9. The van der Waals surface area contributed by atoms with Gasteiger partial charge in [-0.25, -0.2) is 4.98 Å². The van der Waals surface area contributed by atoms with E-state index in [0.29, 0.717) is 11.2 Å². The third kappa shape index (κ3) is 3.76. The number of H-pyrrole nitrogens is 1. The zero-order valence-corrected chi connectivity index (χ0v) is 10.8. The highest BCUT2D eigenvalue weighted by Crippen LogP contribution is 2.18. The van der Waals surface area contributed by atoms with Gasteiger partial charge < -0.3 is 16.0 Å². The average molecular weight is 268 g/mol. The monoisotopic (exact) mass is 268 g/mol. The molecular weight excluding hydrogens is 252 g/mol. The van der Waals surface area contributed by atoms with Crippen molar-refractivity contribution in [3.63, 3.8) is 0 Å². The number of hydrogen-bond donors (Lipinski definition) is 3. The molecule has 0 unspecified atom stereocenters. The number of aromatic amines is 1. The summed E-state index contributed by atoms with van der Waals surface area (Å²) in [7, 11) is 0. The summed E-state index contributed by atoms with van der Waals surface area (Å²) in [6, 6.07) is 1.52. The summed E-state index contributed by atoms with van der Waals surface area (Å²) >= 11 is 1.18. The molecule has 1 aromatic heterocycles. The summed E-state index contributed by atoms with van der Waals surface area (Å²) in [5.74, 6) is 0.373. The summed E-state index contributed by atoms with van der Waals surface area (Å²) in [6.45, 7) is 0. The molecule has 7 heteroatoms. The number of anilines is 1. The van der Waals surface area contributed by atoms with Gasteiger partial charge in [-0.2, -0.15) is 0 Å². The molecule has 0 aliphatic heterocycles. The largest absolute Gasteiger partial charge is 0.383 e. The maximum Gasteiger partial charge on any atom is 0.253 e. The van der Waals surface area contributed by atoms with E-state index < -0.39 is 0 Å². The number of hydrogen-bond acceptors (Lipinski definition) is 5. The van der Waals surface area contributed by atoms with Gasteiger partial charge in [-0.3, -0.25) is 9.59 Å². The number of nitrogens with two attached hydrogens (primary N) is 1. The van der Waals surface area contributed by atoms with Crippen molar-refractivity contribution in [3.05, 3.63) is 16.4 Å². The number of thioether (sulfide) groups is 1. The summed E-state index contributed by atoms with van der Waals surface area (Å²) in [6.07, 6.45) is 4.48. The van der Waals surface area contributed by atoms with Crippen molar-refractivity contribution in [2.45, 2.75) is 36.9 Å². The number of aromatic nitrogens is 2. The Labute approximate surface area is 109 Å². The van der Waals surface area contributed by atoms with Crippen LogP contribution in [0, 0.1) is 0 Å². The van der Waals surface area contributed by atoms with Gasteiger partial charge >= 0.3 is 0 Å². The molecule has 0 atom stereocenters.